The van der Waals surface area contributed by atoms with Gasteiger partial charge in [-0.05, 0) is 18.2 Å². The van der Waals surface area contributed by atoms with Crippen LogP contribution in [0.5, 0.6) is 0 Å². The molecule has 0 saturated heterocycles. The zero-order valence-electron chi connectivity index (χ0n) is 9.36. The molecule has 4 nitrogen and oxygen atoms in total. The molecule has 1 aromatic rings. The largest absolute Gasteiger partial charge is 0.502 e. The number of hydrogen-bond donors (Lipinski definition) is 1. The fourth-order valence-corrected chi connectivity index (χ4v) is 1.14. The molecule has 0 saturated carbocycles. The van der Waals surface area contributed by atoms with Gasteiger partial charge in [0, 0.05) is 12.1 Å². The van der Waals surface area contributed by atoms with Crippen LogP contribution in [0.2, 0.25) is 0 Å². The molecule has 0 aromatic carbocycles. The summed E-state index contributed by atoms with van der Waals surface area (Å²) in [5.74, 6) is -1.63. The lowest BCUT2D eigenvalue weighted by atomic mass is 10.2. The van der Waals surface area contributed by atoms with Crippen molar-refractivity contribution in [3.05, 3.63) is 41.4 Å². The van der Waals surface area contributed by atoms with Crippen LogP contribution in [0.3, 0.4) is 0 Å². The summed E-state index contributed by atoms with van der Waals surface area (Å²) in [5.41, 5.74) is -0.939. The average molecular weight is 261 g/mol. The number of ether oxygens (including phenoxy) is 1. The third kappa shape index (κ3) is 3.76. The molecule has 0 atom stereocenters. The topological polar surface area (TPSA) is 59.4 Å². The lowest BCUT2D eigenvalue weighted by Crippen LogP contribution is -2.09. The van der Waals surface area contributed by atoms with Gasteiger partial charge in [0.2, 0.25) is 0 Å². The van der Waals surface area contributed by atoms with E-state index >= 15 is 0 Å². The molecule has 0 aliphatic carbocycles. The molecule has 1 heterocycles. The van der Waals surface area contributed by atoms with Gasteiger partial charge in [0.05, 0.1) is 7.11 Å². The van der Waals surface area contributed by atoms with Crippen LogP contribution >= 0.6 is 0 Å². The molecule has 0 spiro atoms. The quantitative estimate of drug-likeness (QED) is 0.515. The van der Waals surface area contributed by atoms with E-state index in [9.17, 15) is 18.0 Å². The minimum atomic E-state index is -4.52. The van der Waals surface area contributed by atoms with Crippen LogP contribution in [0, 0.1) is 0 Å². The second-order valence-electron chi connectivity index (χ2n) is 3.30. The van der Waals surface area contributed by atoms with Crippen LogP contribution in [0.25, 0.3) is 0 Å². The van der Waals surface area contributed by atoms with Crippen molar-refractivity contribution in [2.75, 3.05) is 7.11 Å². The van der Waals surface area contributed by atoms with Gasteiger partial charge in [-0.15, -0.1) is 0 Å². The molecule has 0 aliphatic heterocycles. The standard InChI is InChI=1S/C11H10F3NO3/c1-18-10(17)8(16)6-5-7-3-2-4-9(15-7)11(12,13)14/h2-4,6,16H,5H2,1H3. The fraction of sp³-hybridized carbons (Fsp3) is 0.273. The van der Waals surface area contributed by atoms with E-state index < -0.39 is 23.6 Å². The Labute approximate surface area is 101 Å². The number of hydrogen-bond acceptors (Lipinski definition) is 4. The molecule has 0 unspecified atom stereocenters. The molecule has 7 heteroatoms. The number of rotatable bonds is 3. The first-order valence-corrected chi connectivity index (χ1v) is 4.85. The minimum absolute atomic E-state index is 0.0836. The predicted molar refractivity (Wildman–Crippen MR) is 55.7 cm³/mol. The summed E-state index contributed by atoms with van der Waals surface area (Å²) in [4.78, 5) is 14.2. The van der Waals surface area contributed by atoms with E-state index in [2.05, 4.69) is 9.72 Å². The summed E-state index contributed by atoms with van der Waals surface area (Å²) in [6.45, 7) is 0. The molecule has 18 heavy (non-hydrogen) atoms. The summed E-state index contributed by atoms with van der Waals surface area (Å²) in [7, 11) is 1.08. The molecule has 0 fully saturated rings. The monoisotopic (exact) mass is 261 g/mol. The molecular weight excluding hydrogens is 251 g/mol. The number of aliphatic hydroxyl groups is 1. The Morgan fingerprint density at radius 1 is 1.50 bits per heavy atom. The molecule has 1 rings (SSSR count). The van der Waals surface area contributed by atoms with Crippen LogP contribution in [0.1, 0.15) is 11.4 Å². The fourth-order valence-electron chi connectivity index (χ4n) is 1.14. The number of aromatic nitrogens is 1. The first kappa shape index (κ1) is 14.0. The van der Waals surface area contributed by atoms with Crippen molar-refractivity contribution < 1.29 is 27.8 Å². The Bertz CT molecular complexity index is 469. The zero-order chi connectivity index (χ0) is 13.8. The molecular formula is C11H10F3NO3. The average Bonchev–Trinajstić information content (AvgIpc) is 2.34. The zero-order valence-corrected chi connectivity index (χ0v) is 9.36. The van der Waals surface area contributed by atoms with Gasteiger partial charge in [0.15, 0.2) is 5.76 Å². The van der Waals surface area contributed by atoms with Crippen molar-refractivity contribution in [3.8, 4) is 0 Å². The van der Waals surface area contributed by atoms with Crippen LogP contribution < -0.4 is 0 Å². The molecule has 1 aromatic heterocycles. The van der Waals surface area contributed by atoms with E-state index in [1.165, 1.54) is 12.1 Å². The highest BCUT2D eigenvalue weighted by molar-refractivity contribution is 5.85. The second-order valence-corrected chi connectivity index (χ2v) is 3.30. The Kier molecular flexibility index (Phi) is 4.30. The van der Waals surface area contributed by atoms with Crippen LogP contribution in [-0.2, 0) is 22.1 Å². The summed E-state index contributed by atoms with van der Waals surface area (Å²) in [6, 6.07) is 3.40. The normalized spacial score (nSPS) is 12.3. The Hall–Kier alpha value is -2.05. The molecule has 0 bridgehead atoms. The number of carbonyl (C=O) groups is 1. The number of alkyl halides is 3. The highest BCUT2D eigenvalue weighted by Gasteiger charge is 2.32. The SMILES string of the molecule is COC(=O)C(O)=CCc1cccc(C(F)(F)F)n1. The van der Waals surface area contributed by atoms with Gasteiger partial charge in [-0.2, -0.15) is 13.2 Å². The first-order valence-electron chi connectivity index (χ1n) is 4.85. The van der Waals surface area contributed by atoms with Gasteiger partial charge in [-0.1, -0.05) is 6.07 Å². The van der Waals surface area contributed by atoms with Crippen molar-refractivity contribution in [1.82, 2.24) is 4.98 Å². The Morgan fingerprint density at radius 2 is 2.17 bits per heavy atom. The van der Waals surface area contributed by atoms with E-state index in [-0.39, 0.29) is 12.1 Å². The maximum atomic E-state index is 12.3. The van der Waals surface area contributed by atoms with Crippen molar-refractivity contribution in [2.24, 2.45) is 0 Å². The van der Waals surface area contributed by atoms with Gasteiger partial charge in [-0.3, -0.25) is 0 Å². The third-order valence-corrected chi connectivity index (χ3v) is 2.00. The molecule has 0 amide bonds. The number of halogens is 3. The number of nitrogens with zero attached hydrogens (tertiary/aromatic N) is 1. The highest BCUT2D eigenvalue weighted by Crippen LogP contribution is 2.27. The minimum Gasteiger partial charge on any atom is -0.502 e. The number of allylic oxidation sites excluding steroid dienone is 1. The van der Waals surface area contributed by atoms with Gasteiger partial charge < -0.3 is 9.84 Å². The molecule has 1 N–H and O–H groups in total. The van der Waals surface area contributed by atoms with E-state index in [0.717, 1.165) is 19.3 Å². The number of carbonyl (C=O) groups excluding carboxylic acids is 1. The molecule has 98 valence electrons. The third-order valence-electron chi connectivity index (χ3n) is 2.00. The van der Waals surface area contributed by atoms with Crippen molar-refractivity contribution >= 4 is 5.97 Å². The molecule has 0 aliphatic rings. The van der Waals surface area contributed by atoms with Gasteiger partial charge in [0.1, 0.15) is 5.69 Å². The number of pyridine rings is 1. The van der Waals surface area contributed by atoms with Crippen LogP contribution in [-0.4, -0.2) is 23.2 Å². The smallest absolute Gasteiger partial charge is 0.433 e. The number of esters is 1. The van der Waals surface area contributed by atoms with Gasteiger partial charge >= 0.3 is 12.1 Å². The van der Waals surface area contributed by atoms with E-state index in [0.29, 0.717) is 0 Å². The Morgan fingerprint density at radius 3 is 2.72 bits per heavy atom. The maximum absolute atomic E-state index is 12.3. The maximum Gasteiger partial charge on any atom is 0.433 e. The Balaban J connectivity index is 2.84. The van der Waals surface area contributed by atoms with Crippen LogP contribution in [0.4, 0.5) is 13.2 Å². The summed E-state index contributed by atoms with van der Waals surface area (Å²) in [5, 5.41) is 9.14. The van der Waals surface area contributed by atoms with Gasteiger partial charge in [-0.25, -0.2) is 9.78 Å². The number of aliphatic hydroxyl groups excluding tert-OH is 1. The van der Waals surface area contributed by atoms with Crippen LogP contribution in [0.15, 0.2) is 30.0 Å². The van der Waals surface area contributed by atoms with Crippen molar-refractivity contribution in [1.29, 1.82) is 0 Å². The summed E-state index contributed by atoms with van der Waals surface area (Å²) < 4.78 is 41.3. The predicted octanol–water partition coefficient (Wildman–Crippen LogP) is 2.26. The van der Waals surface area contributed by atoms with Crippen molar-refractivity contribution in [2.45, 2.75) is 12.6 Å². The summed E-state index contributed by atoms with van der Waals surface area (Å²) in [6.07, 6.45) is -3.59. The van der Waals surface area contributed by atoms with E-state index in [4.69, 9.17) is 5.11 Å². The van der Waals surface area contributed by atoms with Gasteiger partial charge in [0.25, 0.3) is 0 Å². The lowest BCUT2D eigenvalue weighted by molar-refractivity contribution is -0.141. The summed E-state index contributed by atoms with van der Waals surface area (Å²) >= 11 is 0. The van der Waals surface area contributed by atoms with E-state index in [1.807, 2.05) is 0 Å². The van der Waals surface area contributed by atoms with E-state index in [1.54, 1.807) is 0 Å². The second kappa shape index (κ2) is 5.52. The lowest BCUT2D eigenvalue weighted by Gasteiger charge is -2.06. The first-order chi connectivity index (χ1) is 8.34. The van der Waals surface area contributed by atoms with Crippen molar-refractivity contribution in [3.63, 3.8) is 0 Å². The highest BCUT2D eigenvalue weighted by atomic mass is 19.4. The number of methoxy groups -OCH3 is 1. The molecule has 0 radical (unpaired) electrons.